The molecule has 1 aliphatic carbocycles. The van der Waals surface area contributed by atoms with Crippen LogP contribution in [-0.4, -0.2) is 28.0 Å². The molecule has 0 aliphatic heterocycles. The lowest BCUT2D eigenvalue weighted by molar-refractivity contribution is 0.0884. The second-order valence-corrected chi connectivity index (χ2v) is 6.06. The molecule has 3 N–H and O–H groups in total. The van der Waals surface area contributed by atoms with E-state index in [0.29, 0.717) is 30.6 Å². The molecule has 1 fully saturated rings. The standard InChI is InChI=1S/C15H26N4O/c1-11(2)12-5-3-4-6-13(12)18-15(20)14-9-19(8-7-16)10-17-14/h9-13H,3-8,16H2,1-2H3,(H,18,20). The van der Waals surface area contributed by atoms with Gasteiger partial charge < -0.3 is 15.6 Å². The van der Waals surface area contributed by atoms with E-state index in [9.17, 15) is 4.79 Å². The smallest absolute Gasteiger partial charge is 0.271 e. The van der Waals surface area contributed by atoms with E-state index in [0.717, 1.165) is 6.42 Å². The third-order valence-corrected chi connectivity index (χ3v) is 4.25. The molecule has 20 heavy (non-hydrogen) atoms. The molecule has 1 saturated carbocycles. The summed E-state index contributed by atoms with van der Waals surface area (Å²) in [6, 6.07) is 0.288. The first-order valence-electron chi connectivity index (χ1n) is 7.64. The van der Waals surface area contributed by atoms with E-state index < -0.39 is 0 Å². The van der Waals surface area contributed by atoms with Gasteiger partial charge in [-0.05, 0) is 24.7 Å². The van der Waals surface area contributed by atoms with Gasteiger partial charge in [0.15, 0.2) is 0 Å². The lowest BCUT2D eigenvalue weighted by Crippen LogP contribution is -2.44. The number of amides is 1. The van der Waals surface area contributed by atoms with Crippen LogP contribution in [0.3, 0.4) is 0 Å². The quantitative estimate of drug-likeness (QED) is 0.862. The number of hydrogen-bond acceptors (Lipinski definition) is 3. The van der Waals surface area contributed by atoms with Gasteiger partial charge in [-0.15, -0.1) is 0 Å². The number of nitrogens with one attached hydrogen (secondary N) is 1. The van der Waals surface area contributed by atoms with E-state index in [4.69, 9.17) is 5.73 Å². The third kappa shape index (κ3) is 3.60. The highest BCUT2D eigenvalue weighted by Crippen LogP contribution is 2.30. The highest BCUT2D eigenvalue weighted by molar-refractivity contribution is 5.92. The van der Waals surface area contributed by atoms with Crippen molar-refractivity contribution in [2.45, 2.75) is 52.1 Å². The minimum absolute atomic E-state index is 0.0571. The second kappa shape index (κ2) is 6.88. The molecule has 0 radical (unpaired) electrons. The Kier molecular flexibility index (Phi) is 5.17. The van der Waals surface area contributed by atoms with Gasteiger partial charge in [-0.1, -0.05) is 26.7 Å². The van der Waals surface area contributed by atoms with Crippen molar-refractivity contribution in [1.82, 2.24) is 14.9 Å². The summed E-state index contributed by atoms with van der Waals surface area (Å²) in [6.45, 7) is 5.73. The summed E-state index contributed by atoms with van der Waals surface area (Å²) in [5.41, 5.74) is 5.99. The van der Waals surface area contributed by atoms with Crippen molar-refractivity contribution < 1.29 is 4.79 Å². The minimum Gasteiger partial charge on any atom is -0.348 e. The lowest BCUT2D eigenvalue weighted by atomic mass is 9.78. The molecular weight excluding hydrogens is 252 g/mol. The van der Waals surface area contributed by atoms with Gasteiger partial charge in [0.05, 0.1) is 6.33 Å². The average Bonchev–Trinajstić information content (AvgIpc) is 2.88. The van der Waals surface area contributed by atoms with Crippen LogP contribution in [-0.2, 0) is 6.54 Å². The molecule has 1 aliphatic rings. The number of nitrogens with zero attached hydrogens (tertiary/aromatic N) is 2. The zero-order valence-corrected chi connectivity index (χ0v) is 12.5. The highest BCUT2D eigenvalue weighted by atomic mass is 16.2. The van der Waals surface area contributed by atoms with Crippen molar-refractivity contribution in [3.8, 4) is 0 Å². The Morgan fingerprint density at radius 3 is 2.95 bits per heavy atom. The maximum absolute atomic E-state index is 12.3. The zero-order chi connectivity index (χ0) is 14.5. The van der Waals surface area contributed by atoms with Crippen molar-refractivity contribution in [3.05, 3.63) is 18.2 Å². The molecule has 0 spiro atoms. The Bertz CT molecular complexity index is 441. The van der Waals surface area contributed by atoms with Crippen LogP contribution in [0, 0.1) is 11.8 Å². The second-order valence-electron chi connectivity index (χ2n) is 6.06. The van der Waals surface area contributed by atoms with Gasteiger partial charge in [-0.3, -0.25) is 4.79 Å². The van der Waals surface area contributed by atoms with Crippen LogP contribution in [0.1, 0.15) is 50.0 Å². The monoisotopic (exact) mass is 278 g/mol. The van der Waals surface area contributed by atoms with Crippen LogP contribution in [0.25, 0.3) is 0 Å². The highest BCUT2D eigenvalue weighted by Gasteiger charge is 2.29. The van der Waals surface area contributed by atoms with E-state index in [1.807, 2.05) is 4.57 Å². The lowest BCUT2D eigenvalue weighted by Gasteiger charge is -2.34. The van der Waals surface area contributed by atoms with Gasteiger partial charge in [-0.25, -0.2) is 4.98 Å². The first-order chi connectivity index (χ1) is 9.61. The van der Waals surface area contributed by atoms with Crippen LogP contribution in [0.5, 0.6) is 0 Å². The Balaban J connectivity index is 1.98. The predicted octanol–water partition coefficient (Wildman–Crippen LogP) is 1.79. The number of carbonyl (C=O) groups excluding carboxylic acids is 1. The molecular formula is C15H26N4O. The number of nitrogens with two attached hydrogens (primary N) is 1. The fourth-order valence-electron chi connectivity index (χ4n) is 3.13. The SMILES string of the molecule is CC(C)C1CCCCC1NC(=O)c1cn(CCN)cn1. The molecule has 1 heterocycles. The molecule has 2 atom stereocenters. The minimum atomic E-state index is -0.0571. The van der Waals surface area contributed by atoms with Crippen LogP contribution in [0.2, 0.25) is 0 Å². The van der Waals surface area contributed by atoms with E-state index in [1.54, 1.807) is 12.5 Å². The molecule has 0 saturated heterocycles. The number of aromatic nitrogens is 2. The molecule has 0 aromatic carbocycles. The summed E-state index contributed by atoms with van der Waals surface area (Å²) in [4.78, 5) is 16.4. The predicted molar refractivity (Wildman–Crippen MR) is 79.3 cm³/mol. The summed E-state index contributed by atoms with van der Waals surface area (Å²) < 4.78 is 1.86. The topological polar surface area (TPSA) is 72.9 Å². The first kappa shape index (κ1) is 15.0. The first-order valence-corrected chi connectivity index (χ1v) is 7.64. The maximum atomic E-state index is 12.3. The van der Waals surface area contributed by atoms with Gasteiger partial charge in [0.25, 0.3) is 5.91 Å². The summed E-state index contributed by atoms with van der Waals surface area (Å²) in [5.74, 6) is 1.13. The zero-order valence-electron chi connectivity index (χ0n) is 12.5. The van der Waals surface area contributed by atoms with Crippen LogP contribution < -0.4 is 11.1 Å². The van der Waals surface area contributed by atoms with Gasteiger partial charge in [0.2, 0.25) is 0 Å². The fraction of sp³-hybridized carbons (Fsp3) is 0.733. The number of rotatable bonds is 5. The van der Waals surface area contributed by atoms with Gasteiger partial charge in [0.1, 0.15) is 5.69 Å². The largest absolute Gasteiger partial charge is 0.348 e. The number of carbonyl (C=O) groups is 1. The maximum Gasteiger partial charge on any atom is 0.271 e. The molecule has 1 aromatic rings. The molecule has 1 amide bonds. The van der Waals surface area contributed by atoms with E-state index in [-0.39, 0.29) is 11.9 Å². The number of imidazole rings is 1. The van der Waals surface area contributed by atoms with Crippen molar-refractivity contribution in [3.63, 3.8) is 0 Å². The summed E-state index contributed by atoms with van der Waals surface area (Å²) >= 11 is 0. The van der Waals surface area contributed by atoms with E-state index in [2.05, 4.69) is 24.1 Å². The van der Waals surface area contributed by atoms with Crippen molar-refractivity contribution >= 4 is 5.91 Å². The summed E-state index contributed by atoms with van der Waals surface area (Å²) in [5, 5.41) is 3.18. The molecule has 2 rings (SSSR count). The molecule has 0 bridgehead atoms. The van der Waals surface area contributed by atoms with Crippen LogP contribution in [0.4, 0.5) is 0 Å². The Morgan fingerprint density at radius 1 is 1.50 bits per heavy atom. The third-order valence-electron chi connectivity index (χ3n) is 4.25. The van der Waals surface area contributed by atoms with E-state index >= 15 is 0 Å². The summed E-state index contributed by atoms with van der Waals surface area (Å²) in [7, 11) is 0. The van der Waals surface area contributed by atoms with Gasteiger partial charge in [0, 0.05) is 25.3 Å². The van der Waals surface area contributed by atoms with Crippen molar-refractivity contribution in [1.29, 1.82) is 0 Å². The Labute approximate surface area is 120 Å². The van der Waals surface area contributed by atoms with E-state index in [1.165, 1.54) is 19.3 Å². The normalized spacial score (nSPS) is 23.0. The molecule has 112 valence electrons. The molecule has 1 aromatic heterocycles. The molecule has 5 heteroatoms. The molecule has 5 nitrogen and oxygen atoms in total. The number of hydrogen-bond donors (Lipinski definition) is 2. The van der Waals surface area contributed by atoms with Crippen molar-refractivity contribution in [2.24, 2.45) is 17.6 Å². The van der Waals surface area contributed by atoms with Crippen LogP contribution in [0.15, 0.2) is 12.5 Å². The fourth-order valence-corrected chi connectivity index (χ4v) is 3.13. The summed E-state index contributed by atoms with van der Waals surface area (Å²) in [6.07, 6.45) is 8.22. The molecule has 2 unspecified atom stereocenters. The van der Waals surface area contributed by atoms with Gasteiger partial charge >= 0.3 is 0 Å². The van der Waals surface area contributed by atoms with Crippen LogP contribution >= 0.6 is 0 Å². The average molecular weight is 278 g/mol. The van der Waals surface area contributed by atoms with Crippen molar-refractivity contribution in [2.75, 3.05) is 6.54 Å². The Morgan fingerprint density at radius 2 is 2.25 bits per heavy atom. The Hall–Kier alpha value is -1.36. The van der Waals surface area contributed by atoms with Gasteiger partial charge in [-0.2, -0.15) is 0 Å².